The fraction of sp³-hybridized carbons (Fsp3) is 0.385. The minimum absolute atomic E-state index is 0.0688. The van der Waals surface area contributed by atoms with Crippen LogP contribution >= 0.6 is 11.3 Å². The molecule has 0 radical (unpaired) electrons. The Morgan fingerprint density at radius 3 is 3.32 bits per heavy atom. The van der Waals surface area contributed by atoms with Gasteiger partial charge < -0.3 is 15.2 Å². The van der Waals surface area contributed by atoms with E-state index in [1.54, 1.807) is 22.6 Å². The second-order valence-electron chi connectivity index (χ2n) is 4.73. The number of amides is 1. The van der Waals surface area contributed by atoms with Crippen molar-refractivity contribution in [3.63, 3.8) is 0 Å². The zero-order valence-electron chi connectivity index (χ0n) is 10.7. The van der Waals surface area contributed by atoms with Crippen molar-refractivity contribution >= 4 is 17.2 Å². The zero-order chi connectivity index (χ0) is 13.2. The largest absolute Gasteiger partial charge is 0.348 e. The van der Waals surface area contributed by atoms with Crippen LogP contribution in [0.5, 0.6) is 0 Å². The van der Waals surface area contributed by atoms with Crippen molar-refractivity contribution in [2.75, 3.05) is 13.6 Å². The molecule has 0 aromatic carbocycles. The maximum absolute atomic E-state index is 12.5. The van der Waals surface area contributed by atoms with Gasteiger partial charge in [0.05, 0.1) is 12.0 Å². The Labute approximate surface area is 115 Å². The SMILES string of the molecule is CN(Cc1ccsc1)C(=O)C1NCCc2[nH]cnc21. The first kappa shape index (κ1) is 12.4. The van der Waals surface area contributed by atoms with Crippen LogP contribution in [0.1, 0.15) is 23.0 Å². The van der Waals surface area contributed by atoms with Crippen LogP contribution in [0.2, 0.25) is 0 Å². The summed E-state index contributed by atoms with van der Waals surface area (Å²) in [5.41, 5.74) is 3.08. The molecule has 0 bridgehead atoms. The van der Waals surface area contributed by atoms with E-state index in [-0.39, 0.29) is 11.9 Å². The van der Waals surface area contributed by atoms with Gasteiger partial charge in [-0.2, -0.15) is 11.3 Å². The molecule has 0 fully saturated rings. The molecule has 0 saturated carbocycles. The number of thiophene rings is 1. The number of aromatic nitrogens is 2. The minimum atomic E-state index is -0.321. The number of hydrogen-bond acceptors (Lipinski definition) is 4. The number of imidazole rings is 1. The number of likely N-dealkylation sites (N-methyl/N-ethyl adjacent to an activating group) is 1. The van der Waals surface area contributed by atoms with Crippen molar-refractivity contribution < 1.29 is 4.79 Å². The maximum Gasteiger partial charge on any atom is 0.246 e. The van der Waals surface area contributed by atoms with Crippen LogP contribution in [0.3, 0.4) is 0 Å². The van der Waals surface area contributed by atoms with E-state index in [4.69, 9.17) is 0 Å². The Hall–Kier alpha value is -1.66. The quantitative estimate of drug-likeness (QED) is 0.888. The third-order valence-electron chi connectivity index (χ3n) is 3.37. The van der Waals surface area contributed by atoms with Gasteiger partial charge in [-0.05, 0) is 22.4 Å². The number of carbonyl (C=O) groups is 1. The maximum atomic E-state index is 12.5. The molecule has 6 heteroatoms. The number of fused-ring (bicyclic) bond motifs is 1. The van der Waals surface area contributed by atoms with Gasteiger partial charge in [0.2, 0.25) is 5.91 Å². The summed E-state index contributed by atoms with van der Waals surface area (Å²) in [5, 5.41) is 7.34. The predicted molar refractivity (Wildman–Crippen MR) is 73.8 cm³/mol. The first-order chi connectivity index (χ1) is 9.25. The molecule has 100 valence electrons. The molecule has 1 unspecified atom stereocenters. The van der Waals surface area contributed by atoms with E-state index in [9.17, 15) is 4.79 Å². The van der Waals surface area contributed by atoms with Gasteiger partial charge in [-0.25, -0.2) is 4.98 Å². The molecule has 2 N–H and O–H groups in total. The monoisotopic (exact) mass is 276 g/mol. The molecular formula is C13H16N4OS. The molecule has 3 rings (SSSR count). The van der Waals surface area contributed by atoms with Crippen LogP contribution in [0.15, 0.2) is 23.2 Å². The number of aromatic amines is 1. The van der Waals surface area contributed by atoms with Gasteiger partial charge in [0.25, 0.3) is 0 Å². The van der Waals surface area contributed by atoms with Crippen LogP contribution in [0.25, 0.3) is 0 Å². The van der Waals surface area contributed by atoms with Gasteiger partial charge in [0.15, 0.2) is 0 Å². The highest BCUT2D eigenvalue weighted by Gasteiger charge is 2.30. The van der Waals surface area contributed by atoms with Gasteiger partial charge in [0, 0.05) is 32.3 Å². The fourth-order valence-corrected chi connectivity index (χ4v) is 3.04. The molecule has 1 aliphatic rings. The third kappa shape index (κ3) is 2.41. The van der Waals surface area contributed by atoms with E-state index in [2.05, 4.69) is 20.7 Å². The summed E-state index contributed by atoms with van der Waals surface area (Å²) >= 11 is 1.65. The molecule has 19 heavy (non-hydrogen) atoms. The van der Waals surface area contributed by atoms with E-state index >= 15 is 0 Å². The van der Waals surface area contributed by atoms with Crippen LogP contribution in [-0.4, -0.2) is 34.4 Å². The van der Waals surface area contributed by atoms with Crippen molar-refractivity contribution in [1.82, 2.24) is 20.2 Å². The van der Waals surface area contributed by atoms with Gasteiger partial charge in [-0.1, -0.05) is 0 Å². The smallest absolute Gasteiger partial charge is 0.246 e. The molecule has 2 aromatic rings. The van der Waals surface area contributed by atoms with Gasteiger partial charge >= 0.3 is 0 Å². The summed E-state index contributed by atoms with van der Waals surface area (Å²) in [5.74, 6) is 0.0688. The molecule has 0 saturated heterocycles. The van der Waals surface area contributed by atoms with Crippen molar-refractivity contribution in [1.29, 1.82) is 0 Å². The van der Waals surface area contributed by atoms with Crippen LogP contribution in [-0.2, 0) is 17.8 Å². The molecule has 3 heterocycles. The van der Waals surface area contributed by atoms with E-state index in [0.717, 1.165) is 24.4 Å². The van der Waals surface area contributed by atoms with Crippen LogP contribution in [0, 0.1) is 0 Å². The summed E-state index contributed by atoms with van der Waals surface area (Å²) < 4.78 is 0. The lowest BCUT2D eigenvalue weighted by molar-refractivity contribution is -0.133. The van der Waals surface area contributed by atoms with Crippen molar-refractivity contribution in [3.05, 3.63) is 40.1 Å². The number of hydrogen-bond donors (Lipinski definition) is 2. The lowest BCUT2D eigenvalue weighted by atomic mass is 10.0. The molecule has 0 spiro atoms. The molecule has 2 aromatic heterocycles. The summed E-state index contributed by atoms with van der Waals surface area (Å²) in [4.78, 5) is 21.6. The van der Waals surface area contributed by atoms with Gasteiger partial charge in [-0.15, -0.1) is 0 Å². The zero-order valence-corrected chi connectivity index (χ0v) is 11.5. The van der Waals surface area contributed by atoms with Crippen molar-refractivity contribution in [3.8, 4) is 0 Å². The highest BCUT2D eigenvalue weighted by atomic mass is 32.1. The Balaban J connectivity index is 1.74. The third-order valence-corrected chi connectivity index (χ3v) is 4.10. The Morgan fingerprint density at radius 1 is 1.63 bits per heavy atom. The summed E-state index contributed by atoms with van der Waals surface area (Å²) in [7, 11) is 1.84. The second kappa shape index (κ2) is 5.14. The number of nitrogens with zero attached hydrogens (tertiary/aromatic N) is 2. The minimum Gasteiger partial charge on any atom is -0.348 e. The number of rotatable bonds is 3. The summed E-state index contributed by atoms with van der Waals surface area (Å²) in [6, 6.07) is 1.72. The Bertz CT molecular complexity index is 563. The molecule has 1 atom stereocenters. The summed E-state index contributed by atoms with van der Waals surface area (Å²) in [6.07, 6.45) is 2.56. The van der Waals surface area contributed by atoms with Crippen LogP contribution in [0.4, 0.5) is 0 Å². The Kier molecular flexibility index (Phi) is 3.35. The van der Waals surface area contributed by atoms with E-state index < -0.39 is 0 Å². The lowest BCUT2D eigenvalue weighted by Crippen LogP contribution is -2.42. The second-order valence-corrected chi connectivity index (χ2v) is 5.51. The first-order valence-electron chi connectivity index (χ1n) is 6.27. The predicted octanol–water partition coefficient (Wildman–Crippen LogP) is 1.32. The fourth-order valence-electron chi connectivity index (χ4n) is 2.38. The molecular weight excluding hydrogens is 260 g/mol. The molecule has 5 nitrogen and oxygen atoms in total. The van der Waals surface area contributed by atoms with Gasteiger partial charge in [-0.3, -0.25) is 4.79 Å². The number of carbonyl (C=O) groups excluding carboxylic acids is 1. The van der Waals surface area contributed by atoms with E-state index in [1.807, 2.05) is 18.5 Å². The summed E-state index contributed by atoms with van der Waals surface area (Å²) in [6.45, 7) is 1.44. The Morgan fingerprint density at radius 2 is 2.53 bits per heavy atom. The van der Waals surface area contributed by atoms with Crippen LogP contribution < -0.4 is 5.32 Å². The normalized spacial score (nSPS) is 18.1. The number of nitrogens with one attached hydrogen (secondary N) is 2. The van der Waals surface area contributed by atoms with Crippen molar-refractivity contribution in [2.24, 2.45) is 0 Å². The average Bonchev–Trinajstić information content (AvgIpc) is 3.07. The topological polar surface area (TPSA) is 61.0 Å². The average molecular weight is 276 g/mol. The first-order valence-corrected chi connectivity index (χ1v) is 7.21. The highest BCUT2D eigenvalue weighted by Crippen LogP contribution is 2.21. The lowest BCUT2D eigenvalue weighted by Gasteiger charge is -2.26. The molecule has 1 aliphatic heterocycles. The van der Waals surface area contributed by atoms with E-state index in [0.29, 0.717) is 6.54 Å². The van der Waals surface area contributed by atoms with Gasteiger partial charge in [0.1, 0.15) is 6.04 Å². The van der Waals surface area contributed by atoms with E-state index in [1.165, 1.54) is 5.56 Å². The molecule has 0 aliphatic carbocycles. The van der Waals surface area contributed by atoms with Crippen molar-refractivity contribution in [2.45, 2.75) is 19.0 Å². The molecule has 1 amide bonds. The standard InChI is InChI=1S/C13H16N4OS/c1-17(6-9-3-5-19-7-9)13(18)12-11-10(2-4-14-12)15-8-16-11/h3,5,7-8,12,14H,2,4,6H2,1H3,(H,15,16). The number of H-pyrrole nitrogens is 1. The highest BCUT2D eigenvalue weighted by molar-refractivity contribution is 7.07.